The molecule has 0 aromatic heterocycles. The fourth-order valence-electron chi connectivity index (χ4n) is 4.70. The molecule has 4 bridgehead atoms. The van der Waals surface area contributed by atoms with Crippen LogP contribution in [0.15, 0.2) is 12.2 Å². The van der Waals surface area contributed by atoms with Crippen molar-refractivity contribution in [2.45, 2.75) is 57.2 Å². The Labute approximate surface area is 113 Å². The molecule has 0 amide bonds. The molecular formula is C15H20O4. The summed E-state index contributed by atoms with van der Waals surface area (Å²) in [5, 5.41) is 0. The molecule has 3 fully saturated rings. The van der Waals surface area contributed by atoms with Crippen LogP contribution in [0.5, 0.6) is 0 Å². The minimum absolute atomic E-state index is 0.171. The summed E-state index contributed by atoms with van der Waals surface area (Å²) in [7, 11) is 0. The molecule has 4 aliphatic heterocycles. The number of hydrogen-bond acceptors (Lipinski definition) is 4. The first kappa shape index (κ1) is 11.9. The maximum atomic E-state index is 11.3. The van der Waals surface area contributed by atoms with Gasteiger partial charge in [-0.05, 0) is 20.3 Å². The molecule has 0 radical (unpaired) electrons. The monoisotopic (exact) mass is 264 g/mol. The van der Waals surface area contributed by atoms with Gasteiger partial charge in [0.05, 0.1) is 24.4 Å². The highest BCUT2D eigenvalue weighted by Crippen LogP contribution is 2.58. The Morgan fingerprint density at radius 1 is 1.21 bits per heavy atom. The maximum Gasteiger partial charge on any atom is 0.303 e. The Bertz CT molecular complexity index is 455. The summed E-state index contributed by atoms with van der Waals surface area (Å²) in [6.45, 7) is 5.48. The lowest BCUT2D eigenvalue weighted by Crippen LogP contribution is -2.48. The lowest BCUT2D eigenvalue weighted by molar-refractivity contribution is -0.162. The summed E-state index contributed by atoms with van der Waals surface area (Å²) in [5.41, 5.74) is -0.457. The molecule has 0 aliphatic carbocycles. The number of fused-ring (bicyclic) bond motifs is 9. The molecule has 0 saturated carbocycles. The van der Waals surface area contributed by atoms with Gasteiger partial charge in [0, 0.05) is 24.7 Å². The van der Waals surface area contributed by atoms with Crippen LogP contribution >= 0.6 is 0 Å². The molecule has 4 nitrogen and oxygen atoms in total. The van der Waals surface area contributed by atoms with Gasteiger partial charge in [0.15, 0.2) is 0 Å². The molecule has 104 valence electrons. The van der Waals surface area contributed by atoms with Crippen LogP contribution in [0.2, 0.25) is 0 Å². The predicted octanol–water partition coefficient (Wildman–Crippen LogP) is 1.68. The molecule has 0 aromatic carbocycles. The number of rotatable bonds is 2. The van der Waals surface area contributed by atoms with E-state index in [2.05, 4.69) is 12.2 Å². The van der Waals surface area contributed by atoms with E-state index in [1.54, 1.807) is 0 Å². The summed E-state index contributed by atoms with van der Waals surface area (Å²) < 4.78 is 17.7. The number of carbonyl (C=O) groups excluding carboxylic acids is 1. The van der Waals surface area contributed by atoms with E-state index >= 15 is 0 Å². The molecule has 4 heterocycles. The second-order valence-electron chi connectivity index (χ2n) is 6.78. The summed E-state index contributed by atoms with van der Waals surface area (Å²) in [4.78, 5) is 11.3. The van der Waals surface area contributed by atoms with Gasteiger partial charge in [-0.2, -0.15) is 0 Å². The molecule has 4 heteroatoms. The van der Waals surface area contributed by atoms with Gasteiger partial charge >= 0.3 is 5.97 Å². The van der Waals surface area contributed by atoms with Crippen molar-refractivity contribution in [2.75, 3.05) is 0 Å². The molecule has 4 aliphatic rings. The first-order chi connectivity index (χ1) is 8.97. The molecular weight excluding hydrogens is 244 g/mol. The van der Waals surface area contributed by atoms with Crippen LogP contribution in [0.1, 0.15) is 27.2 Å². The van der Waals surface area contributed by atoms with Crippen LogP contribution in [0.3, 0.4) is 0 Å². The molecule has 0 spiro atoms. The minimum atomic E-state index is -0.457. The molecule has 0 N–H and O–H groups in total. The zero-order chi connectivity index (χ0) is 13.4. The van der Waals surface area contributed by atoms with Crippen molar-refractivity contribution in [3.63, 3.8) is 0 Å². The molecule has 7 unspecified atom stereocenters. The van der Waals surface area contributed by atoms with E-state index in [0.717, 1.165) is 6.42 Å². The number of hydrogen-bond donors (Lipinski definition) is 0. The van der Waals surface area contributed by atoms with E-state index < -0.39 is 5.60 Å². The Hall–Kier alpha value is -0.870. The van der Waals surface area contributed by atoms with Crippen LogP contribution in [0, 0.1) is 17.8 Å². The Morgan fingerprint density at radius 2 is 1.89 bits per heavy atom. The van der Waals surface area contributed by atoms with Crippen LogP contribution in [-0.2, 0) is 19.0 Å². The van der Waals surface area contributed by atoms with Crippen LogP contribution in [-0.4, -0.2) is 36.0 Å². The summed E-state index contributed by atoms with van der Waals surface area (Å²) in [6.07, 6.45) is 6.24. The summed E-state index contributed by atoms with van der Waals surface area (Å²) in [5.74, 6) is 1.03. The van der Waals surface area contributed by atoms with Crippen LogP contribution in [0.4, 0.5) is 0 Å². The average molecular weight is 264 g/mol. The molecule has 4 rings (SSSR count). The van der Waals surface area contributed by atoms with Gasteiger partial charge in [-0.25, -0.2) is 0 Å². The van der Waals surface area contributed by atoms with Gasteiger partial charge < -0.3 is 14.2 Å². The van der Waals surface area contributed by atoms with Crippen molar-refractivity contribution in [3.05, 3.63) is 12.2 Å². The van der Waals surface area contributed by atoms with Crippen molar-refractivity contribution in [1.29, 1.82) is 0 Å². The first-order valence-corrected chi connectivity index (χ1v) is 7.16. The lowest BCUT2D eigenvalue weighted by Gasteiger charge is -2.39. The second kappa shape index (κ2) is 3.61. The van der Waals surface area contributed by atoms with Crippen LogP contribution in [0.25, 0.3) is 0 Å². The van der Waals surface area contributed by atoms with E-state index in [-0.39, 0.29) is 36.3 Å². The Kier molecular flexibility index (Phi) is 2.26. The van der Waals surface area contributed by atoms with Crippen LogP contribution < -0.4 is 0 Å². The molecule has 0 aromatic rings. The molecule has 19 heavy (non-hydrogen) atoms. The fourth-order valence-corrected chi connectivity index (χ4v) is 4.70. The SMILES string of the molecule is CC(=O)OC(C)(C)C1CC2OC1C1C3C=CC(O3)C21. The molecule has 7 atom stereocenters. The highest BCUT2D eigenvalue weighted by atomic mass is 16.6. The average Bonchev–Trinajstić information content (AvgIpc) is 3.05. The van der Waals surface area contributed by atoms with Crippen molar-refractivity contribution in [2.24, 2.45) is 17.8 Å². The number of ether oxygens (including phenoxy) is 3. The van der Waals surface area contributed by atoms with E-state index in [4.69, 9.17) is 14.2 Å². The zero-order valence-electron chi connectivity index (χ0n) is 11.5. The highest BCUT2D eigenvalue weighted by Gasteiger charge is 2.66. The van der Waals surface area contributed by atoms with Gasteiger partial charge in [-0.1, -0.05) is 12.2 Å². The minimum Gasteiger partial charge on any atom is -0.459 e. The molecule has 3 saturated heterocycles. The summed E-state index contributed by atoms with van der Waals surface area (Å²) >= 11 is 0. The number of esters is 1. The van der Waals surface area contributed by atoms with Gasteiger partial charge in [0.25, 0.3) is 0 Å². The van der Waals surface area contributed by atoms with E-state index in [0.29, 0.717) is 11.8 Å². The third-order valence-corrected chi connectivity index (χ3v) is 5.33. The topological polar surface area (TPSA) is 44.8 Å². The van der Waals surface area contributed by atoms with Crippen molar-refractivity contribution < 1.29 is 19.0 Å². The standard InChI is InChI=1S/C15H20O4/c1-7(16)19-15(2,3)8-6-11-12-9-4-5-10(17-9)13(12)14(8)18-11/h4-5,8-14H,6H2,1-3H3. The quantitative estimate of drug-likeness (QED) is 0.562. The van der Waals surface area contributed by atoms with Gasteiger partial charge in [0.1, 0.15) is 5.60 Å². The van der Waals surface area contributed by atoms with E-state index in [1.165, 1.54) is 6.92 Å². The third kappa shape index (κ3) is 1.50. The highest BCUT2D eigenvalue weighted by molar-refractivity contribution is 5.66. The summed E-state index contributed by atoms with van der Waals surface area (Å²) in [6, 6.07) is 0. The number of carbonyl (C=O) groups is 1. The lowest BCUT2D eigenvalue weighted by atomic mass is 9.66. The van der Waals surface area contributed by atoms with Gasteiger partial charge in [-0.3, -0.25) is 4.79 Å². The first-order valence-electron chi connectivity index (χ1n) is 7.16. The maximum absolute atomic E-state index is 11.3. The van der Waals surface area contributed by atoms with Crippen molar-refractivity contribution in [1.82, 2.24) is 0 Å². The fraction of sp³-hybridized carbons (Fsp3) is 0.800. The normalized spacial score (nSPS) is 49.7. The second-order valence-corrected chi connectivity index (χ2v) is 6.78. The predicted molar refractivity (Wildman–Crippen MR) is 67.4 cm³/mol. The van der Waals surface area contributed by atoms with Crippen molar-refractivity contribution in [3.8, 4) is 0 Å². The van der Waals surface area contributed by atoms with Crippen molar-refractivity contribution >= 4 is 5.97 Å². The zero-order valence-corrected chi connectivity index (χ0v) is 11.5. The van der Waals surface area contributed by atoms with Gasteiger partial charge in [-0.15, -0.1) is 0 Å². The van der Waals surface area contributed by atoms with Gasteiger partial charge in [0.2, 0.25) is 0 Å². The van der Waals surface area contributed by atoms with E-state index in [9.17, 15) is 4.79 Å². The largest absolute Gasteiger partial charge is 0.459 e. The third-order valence-electron chi connectivity index (χ3n) is 5.33. The Balaban J connectivity index is 1.59. The van der Waals surface area contributed by atoms with E-state index in [1.807, 2.05) is 13.8 Å². The Morgan fingerprint density at radius 3 is 2.58 bits per heavy atom. The smallest absolute Gasteiger partial charge is 0.303 e.